The van der Waals surface area contributed by atoms with Crippen molar-refractivity contribution in [3.63, 3.8) is 0 Å². The number of methoxy groups -OCH3 is 1. The van der Waals surface area contributed by atoms with Crippen LogP contribution in [0.2, 0.25) is 0 Å². The van der Waals surface area contributed by atoms with Crippen molar-refractivity contribution in [2.75, 3.05) is 7.11 Å². The Kier molecular flexibility index (Phi) is 4.14. The van der Waals surface area contributed by atoms with Crippen LogP contribution >= 0.6 is 10.7 Å². The van der Waals surface area contributed by atoms with Crippen LogP contribution in [0.4, 0.5) is 0 Å². The Balaban J connectivity index is 2.49. The van der Waals surface area contributed by atoms with Gasteiger partial charge in [-0.2, -0.15) is 0 Å². The van der Waals surface area contributed by atoms with E-state index in [0.717, 1.165) is 10.8 Å². The number of ether oxygens (including phenoxy) is 1. The van der Waals surface area contributed by atoms with Crippen molar-refractivity contribution in [3.05, 3.63) is 50.9 Å². The predicted octanol–water partition coefficient (Wildman–Crippen LogP) is -0.0840. The van der Waals surface area contributed by atoms with Gasteiger partial charge in [0, 0.05) is 22.9 Å². The molecule has 0 radical (unpaired) electrons. The van der Waals surface area contributed by atoms with E-state index in [9.17, 15) is 18.0 Å². The maximum absolute atomic E-state index is 11.7. The first kappa shape index (κ1) is 15.3. The van der Waals surface area contributed by atoms with E-state index in [1.807, 2.05) is 4.98 Å². The fourth-order valence-corrected chi connectivity index (χ4v) is 2.47. The van der Waals surface area contributed by atoms with Crippen molar-refractivity contribution in [3.8, 4) is 5.88 Å². The summed E-state index contributed by atoms with van der Waals surface area (Å²) in [6, 6.07) is 4.90. The molecule has 0 aliphatic carbocycles. The predicted molar refractivity (Wildman–Crippen MR) is 74.3 cm³/mol. The molecule has 0 aromatic carbocycles. The average molecular weight is 332 g/mol. The minimum Gasteiger partial charge on any atom is -0.481 e. The van der Waals surface area contributed by atoms with Gasteiger partial charge < -0.3 is 4.74 Å². The summed E-state index contributed by atoms with van der Waals surface area (Å²) in [7, 11) is 2.33. The largest absolute Gasteiger partial charge is 0.481 e. The molecule has 0 saturated heterocycles. The maximum atomic E-state index is 11.7. The van der Waals surface area contributed by atoms with E-state index >= 15 is 0 Å². The molecule has 0 saturated carbocycles. The van der Waals surface area contributed by atoms with Gasteiger partial charge in [0.15, 0.2) is 4.90 Å². The lowest BCUT2D eigenvalue weighted by atomic mass is 10.3. The van der Waals surface area contributed by atoms with Crippen LogP contribution in [0, 0.1) is 0 Å². The second-order valence-electron chi connectivity index (χ2n) is 3.99. The third-order valence-corrected chi connectivity index (χ3v) is 3.88. The standard InChI is InChI=1S/C11H10ClN3O5S/c1-20-9-4-2-3-7(13-9)5-15-6-8(21(12,18)19)10(16)14-11(15)17/h2-4,6H,5H2,1H3,(H,14,16,17). The summed E-state index contributed by atoms with van der Waals surface area (Å²) in [5.74, 6) is 0.343. The number of hydrogen-bond donors (Lipinski definition) is 1. The van der Waals surface area contributed by atoms with Crippen LogP contribution in [-0.2, 0) is 15.6 Å². The molecule has 8 nitrogen and oxygen atoms in total. The zero-order valence-electron chi connectivity index (χ0n) is 10.7. The molecule has 0 aliphatic heterocycles. The van der Waals surface area contributed by atoms with E-state index in [2.05, 4.69) is 4.98 Å². The normalized spacial score (nSPS) is 11.3. The molecule has 0 aliphatic rings. The van der Waals surface area contributed by atoms with Crippen molar-refractivity contribution >= 4 is 19.7 Å². The van der Waals surface area contributed by atoms with Crippen LogP contribution in [0.5, 0.6) is 5.88 Å². The summed E-state index contributed by atoms with van der Waals surface area (Å²) >= 11 is 0. The van der Waals surface area contributed by atoms with E-state index in [1.165, 1.54) is 7.11 Å². The third kappa shape index (κ3) is 3.50. The smallest absolute Gasteiger partial charge is 0.328 e. The molecule has 0 unspecified atom stereocenters. The van der Waals surface area contributed by atoms with E-state index < -0.39 is 25.2 Å². The highest BCUT2D eigenvalue weighted by Crippen LogP contribution is 2.10. The van der Waals surface area contributed by atoms with Crippen LogP contribution in [-0.4, -0.2) is 30.1 Å². The van der Waals surface area contributed by atoms with Crippen LogP contribution in [0.25, 0.3) is 0 Å². The van der Waals surface area contributed by atoms with E-state index in [1.54, 1.807) is 18.2 Å². The van der Waals surface area contributed by atoms with Crippen molar-refractivity contribution in [2.45, 2.75) is 11.4 Å². The SMILES string of the molecule is COc1cccc(Cn2cc(S(=O)(=O)Cl)c(=O)[nH]c2=O)n1. The van der Waals surface area contributed by atoms with E-state index in [0.29, 0.717) is 11.6 Å². The fourth-order valence-electron chi connectivity index (χ4n) is 1.61. The van der Waals surface area contributed by atoms with Gasteiger partial charge in [-0.05, 0) is 6.07 Å². The van der Waals surface area contributed by atoms with Crippen molar-refractivity contribution in [1.29, 1.82) is 0 Å². The van der Waals surface area contributed by atoms with Crippen LogP contribution in [0.3, 0.4) is 0 Å². The molecule has 10 heteroatoms. The monoisotopic (exact) mass is 331 g/mol. The molecule has 1 N–H and O–H groups in total. The first-order valence-corrected chi connectivity index (χ1v) is 7.90. The van der Waals surface area contributed by atoms with E-state index in [4.69, 9.17) is 15.4 Å². The van der Waals surface area contributed by atoms with Gasteiger partial charge in [-0.1, -0.05) is 6.07 Å². The highest BCUT2D eigenvalue weighted by Gasteiger charge is 2.17. The topological polar surface area (TPSA) is 111 Å². The Bertz CT molecular complexity index is 887. The molecule has 0 fully saturated rings. The number of aromatic amines is 1. The summed E-state index contributed by atoms with van der Waals surface area (Å²) in [6.45, 7) is -0.0494. The first-order chi connectivity index (χ1) is 9.81. The molecule has 0 atom stereocenters. The quantitative estimate of drug-likeness (QED) is 0.784. The van der Waals surface area contributed by atoms with E-state index in [-0.39, 0.29) is 6.54 Å². The van der Waals surface area contributed by atoms with Crippen LogP contribution in [0.15, 0.2) is 38.9 Å². The Morgan fingerprint density at radius 1 is 1.38 bits per heavy atom. The Morgan fingerprint density at radius 2 is 2.10 bits per heavy atom. The molecule has 2 rings (SSSR count). The summed E-state index contributed by atoms with van der Waals surface area (Å²) in [5, 5.41) is 0. The Labute approximate surface area is 123 Å². The molecule has 0 amide bonds. The minimum absolute atomic E-state index is 0.0494. The number of rotatable bonds is 4. The van der Waals surface area contributed by atoms with Gasteiger partial charge in [-0.25, -0.2) is 18.2 Å². The molecule has 0 spiro atoms. The van der Waals surface area contributed by atoms with Gasteiger partial charge in [0.1, 0.15) is 0 Å². The lowest BCUT2D eigenvalue weighted by molar-refractivity contribution is 0.395. The van der Waals surface area contributed by atoms with Gasteiger partial charge >= 0.3 is 5.69 Å². The maximum Gasteiger partial charge on any atom is 0.328 e. The summed E-state index contributed by atoms with van der Waals surface area (Å²) < 4.78 is 28.5. The zero-order chi connectivity index (χ0) is 15.6. The lowest BCUT2D eigenvalue weighted by Gasteiger charge is -2.07. The summed E-state index contributed by atoms with van der Waals surface area (Å²) in [4.78, 5) is 28.4. The highest BCUT2D eigenvalue weighted by atomic mass is 35.7. The molecule has 2 aromatic rings. The van der Waals surface area contributed by atoms with Crippen LogP contribution in [0.1, 0.15) is 5.69 Å². The minimum atomic E-state index is -4.25. The number of aromatic nitrogens is 3. The summed E-state index contributed by atoms with van der Waals surface area (Å²) in [5.41, 5.74) is -1.39. The number of pyridine rings is 1. The molecular formula is C11H10ClN3O5S. The molecule has 112 valence electrons. The number of H-pyrrole nitrogens is 1. The number of nitrogens with zero attached hydrogens (tertiary/aromatic N) is 2. The van der Waals surface area contributed by atoms with Gasteiger partial charge in [0.2, 0.25) is 5.88 Å². The van der Waals surface area contributed by atoms with Gasteiger partial charge in [-0.3, -0.25) is 14.3 Å². The second kappa shape index (κ2) is 5.70. The third-order valence-electron chi connectivity index (χ3n) is 2.56. The number of halogens is 1. The molecule has 21 heavy (non-hydrogen) atoms. The molecule has 2 aromatic heterocycles. The molecular weight excluding hydrogens is 322 g/mol. The summed E-state index contributed by atoms with van der Waals surface area (Å²) in [6.07, 6.45) is 0.880. The second-order valence-corrected chi connectivity index (χ2v) is 6.52. The van der Waals surface area contributed by atoms with Gasteiger partial charge in [0.05, 0.1) is 19.3 Å². The Hall–Kier alpha value is -2.13. The van der Waals surface area contributed by atoms with Gasteiger partial charge in [-0.15, -0.1) is 0 Å². The number of hydrogen-bond acceptors (Lipinski definition) is 6. The number of nitrogens with one attached hydrogen (secondary N) is 1. The fraction of sp³-hybridized carbons (Fsp3) is 0.182. The van der Waals surface area contributed by atoms with Crippen molar-refractivity contribution < 1.29 is 13.2 Å². The Morgan fingerprint density at radius 3 is 2.71 bits per heavy atom. The average Bonchev–Trinajstić information content (AvgIpc) is 2.40. The van der Waals surface area contributed by atoms with Crippen molar-refractivity contribution in [2.24, 2.45) is 0 Å². The first-order valence-electron chi connectivity index (χ1n) is 5.59. The molecule has 2 heterocycles. The van der Waals surface area contributed by atoms with Crippen LogP contribution < -0.4 is 16.0 Å². The van der Waals surface area contributed by atoms with Gasteiger partial charge in [0.25, 0.3) is 14.6 Å². The molecule has 0 bridgehead atoms. The zero-order valence-corrected chi connectivity index (χ0v) is 12.3. The highest BCUT2D eigenvalue weighted by molar-refractivity contribution is 8.13. The van der Waals surface area contributed by atoms with Crippen molar-refractivity contribution in [1.82, 2.24) is 14.5 Å². The lowest BCUT2D eigenvalue weighted by Crippen LogP contribution is -2.32.